The van der Waals surface area contributed by atoms with E-state index >= 15 is 0 Å². The van der Waals surface area contributed by atoms with Gasteiger partial charge in [-0.25, -0.2) is 8.78 Å². The largest absolute Gasteiger partial charge is 0.476 e. The maximum absolute atomic E-state index is 14.4. The molecule has 0 aromatic rings. The first-order valence-electron chi connectivity index (χ1n) is 9.89. The summed E-state index contributed by atoms with van der Waals surface area (Å²) in [4.78, 5) is 0. The summed E-state index contributed by atoms with van der Waals surface area (Å²) in [5, 5.41) is 0. The van der Waals surface area contributed by atoms with E-state index in [1.165, 1.54) is 9.47 Å². The van der Waals surface area contributed by atoms with Crippen molar-refractivity contribution in [3.05, 3.63) is 23.5 Å². The number of halogens is 30. The maximum atomic E-state index is 14.4. The Morgan fingerprint density at radius 3 is 0.612 bits per heavy atom. The van der Waals surface area contributed by atoms with Crippen LogP contribution in [0.15, 0.2) is 23.5 Å². The van der Waals surface area contributed by atoms with Crippen LogP contribution in [0.2, 0.25) is 0 Å². The van der Waals surface area contributed by atoms with Crippen molar-refractivity contribution in [3.63, 3.8) is 0 Å². The molecule has 0 aromatic carbocycles. The van der Waals surface area contributed by atoms with Crippen LogP contribution in [-0.2, 0) is 14.2 Å². The van der Waals surface area contributed by atoms with Crippen molar-refractivity contribution in [1.82, 2.24) is 0 Å². The summed E-state index contributed by atoms with van der Waals surface area (Å²) in [6.07, 6.45) is -66.7. The summed E-state index contributed by atoms with van der Waals surface area (Å²) in [7, 11) is 0. The molecule has 0 aliphatic rings. The standard InChI is InChI=1S/C16F30O3/c17-3(48-15(43,44)7(21,22)13(37,38)39)1(5(19,9(25,26)27)10(28,29)30)47-2(6(20,11(31,32)33)12(34,35)36)4(18)49-16(45,46)8(23,24)14(40,41)42. The van der Waals surface area contributed by atoms with Gasteiger partial charge in [-0.1, -0.05) is 0 Å². The second-order valence-corrected chi connectivity index (χ2v) is 8.00. The van der Waals surface area contributed by atoms with Crippen molar-refractivity contribution in [2.75, 3.05) is 0 Å². The van der Waals surface area contributed by atoms with Gasteiger partial charge in [0, 0.05) is 0 Å². The zero-order valence-electron chi connectivity index (χ0n) is 20.6. The van der Waals surface area contributed by atoms with Crippen molar-refractivity contribution in [1.29, 1.82) is 0 Å². The molecule has 0 heterocycles. The van der Waals surface area contributed by atoms with Crippen LogP contribution < -0.4 is 0 Å². The third-order valence-electron chi connectivity index (χ3n) is 4.63. The van der Waals surface area contributed by atoms with Gasteiger partial charge in [-0.3, -0.25) is 0 Å². The number of alkyl halides is 28. The number of hydrogen-bond acceptors (Lipinski definition) is 3. The Bertz CT molecular complexity index is 1120. The van der Waals surface area contributed by atoms with E-state index in [2.05, 4.69) is 0 Å². The summed E-state index contributed by atoms with van der Waals surface area (Å²) in [5.41, 5.74) is -17.5. The van der Waals surface area contributed by atoms with Gasteiger partial charge in [0.05, 0.1) is 0 Å². The Labute approximate surface area is 243 Å². The van der Waals surface area contributed by atoms with Crippen LogP contribution in [0.4, 0.5) is 132 Å². The van der Waals surface area contributed by atoms with E-state index in [0.29, 0.717) is 0 Å². The molecule has 0 aromatic heterocycles. The highest BCUT2D eigenvalue weighted by Crippen LogP contribution is 2.59. The number of hydrogen-bond donors (Lipinski definition) is 0. The van der Waals surface area contributed by atoms with Gasteiger partial charge in [-0.15, -0.1) is 0 Å². The lowest BCUT2D eigenvalue weighted by molar-refractivity contribution is -0.421. The van der Waals surface area contributed by atoms with Gasteiger partial charge in [-0.05, 0) is 0 Å². The summed E-state index contributed by atoms with van der Waals surface area (Å²) in [5.74, 6) is -28.4. The lowest BCUT2D eigenvalue weighted by Crippen LogP contribution is -2.59. The van der Waals surface area contributed by atoms with Crippen LogP contribution in [0.25, 0.3) is 0 Å². The lowest BCUT2D eigenvalue weighted by Gasteiger charge is -2.36. The first-order valence-corrected chi connectivity index (χ1v) is 9.89. The minimum Gasteiger partial charge on any atom is -0.445 e. The quantitative estimate of drug-likeness (QED) is 0.163. The first kappa shape index (κ1) is 45.8. The van der Waals surface area contributed by atoms with Crippen molar-refractivity contribution in [3.8, 4) is 0 Å². The molecule has 0 bridgehead atoms. The molecule has 0 fully saturated rings. The van der Waals surface area contributed by atoms with E-state index in [4.69, 9.17) is 0 Å². The SMILES string of the molecule is FC(OC(F)(F)C(F)(F)C(F)(F)F)=C(OC(=C(F)OC(F)(F)C(F)(F)C(F)(F)F)C(F)(C(F)(F)F)C(F)(F)F)C(F)(C(F)(F)F)C(F)(F)F. The van der Waals surface area contributed by atoms with Crippen LogP contribution in [0, 0.1) is 0 Å². The van der Waals surface area contributed by atoms with Crippen LogP contribution >= 0.6 is 0 Å². The number of allylic oxidation sites excluding steroid dienone is 2. The third-order valence-corrected chi connectivity index (χ3v) is 4.63. The Hall–Kier alpha value is -3.22. The highest BCUT2D eigenvalue weighted by molar-refractivity contribution is 5.27. The first-order chi connectivity index (χ1) is 20.7. The fourth-order valence-electron chi connectivity index (χ4n) is 2.21. The molecule has 292 valence electrons. The molecule has 0 unspecified atom stereocenters. The molecular formula is C16F30O3. The second kappa shape index (κ2) is 12.2. The molecule has 0 rings (SSSR count). The van der Waals surface area contributed by atoms with Gasteiger partial charge >= 0.3 is 84.5 Å². The van der Waals surface area contributed by atoms with Crippen molar-refractivity contribution >= 4 is 0 Å². The van der Waals surface area contributed by atoms with E-state index < -0.39 is 96.0 Å². The molecule has 0 atom stereocenters. The zero-order chi connectivity index (χ0) is 40.4. The fraction of sp³-hybridized carbons (Fsp3) is 0.750. The highest BCUT2D eigenvalue weighted by atomic mass is 19.5. The predicted octanol–water partition coefficient (Wildman–Crippen LogP) is 10.6. The molecule has 0 saturated carbocycles. The second-order valence-electron chi connectivity index (χ2n) is 8.00. The normalized spacial score (nSPS) is 17.0. The Morgan fingerprint density at radius 2 is 0.469 bits per heavy atom. The van der Waals surface area contributed by atoms with Gasteiger partial charge in [0.15, 0.2) is 0 Å². The molecule has 0 radical (unpaired) electrons. The summed E-state index contributed by atoms with van der Waals surface area (Å²) >= 11 is 0. The molecule has 0 N–H and O–H groups in total. The van der Waals surface area contributed by atoms with Gasteiger partial charge in [-0.2, -0.15) is 123 Å². The molecule has 0 aliphatic heterocycles. The van der Waals surface area contributed by atoms with E-state index in [1.807, 2.05) is 0 Å². The Morgan fingerprint density at radius 1 is 0.286 bits per heavy atom. The minimum atomic E-state index is -8.75. The van der Waals surface area contributed by atoms with Gasteiger partial charge in [0.25, 0.3) is 0 Å². The molecule has 33 heteroatoms. The molecule has 49 heavy (non-hydrogen) atoms. The van der Waals surface area contributed by atoms with Crippen LogP contribution in [-0.4, -0.2) is 72.5 Å². The Balaban J connectivity index is 8.67. The number of ether oxygens (including phenoxy) is 3. The fourth-order valence-corrected chi connectivity index (χ4v) is 2.21. The number of rotatable bonds is 10. The molecule has 0 saturated heterocycles. The Kier molecular flexibility index (Phi) is 11.4. The molecule has 0 aliphatic carbocycles. The van der Waals surface area contributed by atoms with E-state index in [9.17, 15) is 132 Å². The van der Waals surface area contributed by atoms with Gasteiger partial charge in [0.2, 0.25) is 11.5 Å². The molecule has 0 amide bonds. The topological polar surface area (TPSA) is 27.7 Å². The molecular weight excluding hydrogens is 810 g/mol. The monoisotopic (exact) mass is 810 g/mol. The average molecular weight is 810 g/mol. The van der Waals surface area contributed by atoms with Crippen molar-refractivity contribution < 1.29 is 146 Å². The van der Waals surface area contributed by atoms with Crippen LogP contribution in [0.3, 0.4) is 0 Å². The molecule has 3 nitrogen and oxygen atoms in total. The summed E-state index contributed by atoms with van der Waals surface area (Å²) in [6, 6.07) is -11.6. The minimum absolute atomic E-state index is 1.35. The average Bonchev–Trinajstić information content (AvgIpc) is 2.78. The smallest absolute Gasteiger partial charge is 0.445 e. The molecule has 0 spiro atoms. The van der Waals surface area contributed by atoms with Crippen LogP contribution in [0.5, 0.6) is 0 Å². The van der Waals surface area contributed by atoms with Gasteiger partial charge in [0.1, 0.15) is 0 Å². The predicted molar refractivity (Wildman–Crippen MR) is 83.3 cm³/mol. The van der Waals surface area contributed by atoms with E-state index in [0.717, 1.165) is 0 Å². The van der Waals surface area contributed by atoms with Crippen molar-refractivity contribution in [2.45, 2.75) is 72.5 Å². The third kappa shape index (κ3) is 7.76. The van der Waals surface area contributed by atoms with E-state index in [-0.39, 0.29) is 0 Å². The van der Waals surface area contributed by atoms with Crippen molar-refractivity contribution in [2.24, 2.45) is 0 Å². The van der Waals surface area contributed by atoms with E-state index in [1.54, 1.807) is 4.74 Å². The van der Waals surface area contributed by atoms with Crippen LogP contribution in [0.1, 0.15) is 0 Å². The zero-order valence-corrected chi connectivity index (χ0v) is 20.6. The maximum Gasteiger partial charge on any atom is 0.476 e. The van der Waals surface area contributed by atoms with Gasteiger partial charge < -0.3 is 14.2 Å². The summed E-state index contributed by atoms with van der Waals surface area (Å²) < 4.78 is 396. The highest BCUT2D eigenvalue weighted by Gasteiger charge is 2.83. The lowest BCUT2D eigenvalue weighted by atomic mass is 9.99. The summed E-state index contributed by atoms with van der Waals surface area (Å²) in [6.45, 7) is 0.